The highest BCUT2D eigenvalue weighted by Gasteiger charge is 2.35. The first-order valence-corrected chi connectivity index (χ1v) is 19.8. The number of nitrogens with two attached hydrogens (primary N) is 3. The van der Waals surface area contributed by atoms with Gasteiger partial charge in [-0.25, -0.2) is 0 Å². The number of carboxylic acid groups (broad SMARTS) is 2. The number of hydrogen-bond donors (Lipinski definition) is 12. The SMILES string of the molecule is CC(C)C[C@H](NC(=O)[C@H](CCC(=O)O)NC(=O)[C@@H](NC(=O)[C@@H](NC(=O)[C@H](Cc1ccc(O)cc1)NC(=O)[C@@H](N)CCCN=C(N)N)C(C)C)C(C)C)C(=O)N[C@@H](C)C(=O)O. The van der Waals surface area contributed by atoms with Crippen molar-refractivity contribution in [2.24, 2.45) is 39.9 Å². The largest absolute Gasteiger partial charge is 0.508 e. The molecule has 0 aliphatic rings. The Morgan fingerprint density at radius 1 is 0.633 bits per heavy atom. The van der Waals surface area contributed by atoms with Crippen molar-refractivity contribution < 1.29 is 53.7 Å². The van der Waals surface area contributed by atoms with E-state index < -0.39 is 114 Å². The van der Waals surface area contributed by atoms with E-state index in [-0.39, 0.29) is 43.4 Å². The maximum absolute atomic E-state index is 13.9. The van der Waals surface area contributed by atoms with Gasteiger partial charge in [0.1, 0.15) is 42.0 Å². The van der Waals surface area contributed by atoms with Crippen LogP contribution < -0.4 is 49.1 Å². The summed E-state index contributed by atoms with van der Waals surface area (Å²) in [6, 6.07) is -2.93. The minimum Gasteiger partial charge on any atom is -0.508 e. The van der Waals surface area contributed by atoms with E-state index in [0.717, 1.165) is 0 Å². The number of phenols is 1. The van der Waals surface area contributed by atoms with Crippen LogP contribution in [0.5, 0.6) is 5.75 Å². The lowest BCUT2D eigenvalue weighted by atomic mass is 9.98. The molecule has 21 nitrogen and oxygen atoms in total. The molecule has 60 heavy (non-hydrogen) atoms. The molecule has 0 radical (unpaired) electrons. The van der Waals surface area contributed by atoms with Crippen LogP contribution in [0.1, 0.15) is 86.1 Å². The predicted octanol–water partition coefficient (Wildman–Crippen LogP) is -1.45. The molecule has 0 aliphatic carbocycles. The number of phenolic OH excluding ortho intramolecular Hbond substituents is 1. The number of carbonyl (C=O) groups excluding carboxylic acids is 6. The smallest absolute Gasteiger partial charge is 0.325 e. The fraction of sp³-hybridized carbons (Fsp3) is 0.615. The number of guanidine groups is 1. The second-order valence-corrected chi connectivity index (χ2v) is 15.7. The van der Waals surface area contributed by atoms with Crippen molar-refractivity contribution in [2.75, 3.05) is 6.54 Å². The molecule has 1 aromatic rings. The molecule has 6 amide bonds. The van der Waals surface area contributed by atoms with Gasteiger partial charge in [0.2, 0.25) is 35.4 Å². The molecule has 1 rings (SSSR count). The number of carbonyl (C=O) groups is 8. The van der Waals surface area contributed by atoms with Crippen molar-refractivity contribution in [3.05, 3.63) is 29.8 Å². The van der Waals surface area contributed by atoms with Crippen LogP contribution in [0.3, 0.4) is 0 Å². The average molecular weight is 849 g/mol. The topological polar surface area (TPSA) is 360 Å². The molecule has 0 aromatic heterocycles. The fourth-order valence-corrected chi connectivity index (χ4v) is 5.72. The van der Waals surface area contributed by atoms with Crippen molar-refractivity contribution >= 4 is 53.3 Å². The summed E-state index contributed by atoms with van der Waals surface area (Å²) in [7, 11) is 0. The van der Waals surface area contributed by atoms with Gasteiger partial charge in [-0.3, -0.25) is 43.3 Å². The Bertz CT molecular complexity index is 1670. The Labute approximate surface area is 349 Å². The van der Waals surface area contributed by atoms with Crippen LogP contribution in [-0.4, -0.2) is 117 Å². The van der Waals surface area contributed by atoms with E-state index in [2.05, 4.69) is 36.9 Å². The molecule has 0 spiro atoms. The maximum Gasteiger partial charge on any atom is 0.325 e. The summed E-state index contributed by atoms with van der Waals surface area (Å²) in [5, 5.41) is 43.6. The Morgan fingerprint density at radius 3 is 1.62 bits per heavy atom. The minimum absolute atomic E-state index is 0.0222. The second-order valence-electron chi connectivity index (χ2n) is 15.7. The Kier molecular flexibility index (Phi) is 22.1. The minimum atomic E-state index is -1.49. The summed E-state index contributed by atoms with van der Waals surface area (Å²) in [4.78, 5) is 108. The number of benzene rings is 1. The van der Waals surface area contributed by atoms with Crippen LogP contribution >= 0.6 is 0 Å². The van der Waals surface area contributed by atoms with Crippen molar-refractivity contribution in [1.82, 2.24) is 31.9 Å². The van der Waals surface area contributed by atoms with Gasteiger partial charge in [0, 0.05) is 19.4 Å². The molecule has 21 heteroatoms. The van der Waals surface area contributed by atoms with E-state index in [0.29, 0.717) is 12.0 Å². The summed E-state index contributed by atoms with van der Waals surface area (Å²) in [5.74, 6) is -8.81. The number of aliphatic imine (C=N–C) groups is 1. The van der Waals surface area contributed by atoms with Gasteiger partial charge in [-0.2, -0.15) is 0 Å². The zero-order chi connectivity index (χ0) is 45.9. The normalized spacial score (nSPS) is 14.7. The average Bonchev–Trinajstić information content (AvgIpc) is 3.15. The van der Waals surface area contributed by atoms with Gasteiger partial charge in [0.05, 0.1) is 6.04 Å². The second kappa shape index (κ2) is 25.5. The number of nitrogens with one attached hydrogen (secondary N) is 6. The van der Waals surface area contributed by atoms with Gasteiger partial charge in [-0.1, -0.05) is 53.7 Å². The highest BCUT2D eigenvalue weighted by atomic mass is 16.4. The Morgan fingerprint density at radius 2 is 1.12 bits per heavy atom. The third kappa shape index (κ3) is 19.2. The molecular formula is C39H64N10O11. The van der Waals surface area contributed by atoms with Crippen molar-refractivity contribution in [2.45, 2.75) is 129 Å². The number of amides is 6. The predicted molar refractivity (Wildman–Crippen MR) is 221 cm³/mol. The van der Waals surface area contributed by atoms with Crippen molar-refractivity contribution in [3.8, 4) is 5.75 Å². The van der Waals surface area contributed by atoms with Crippen LogP contribution in [0.25, 0.3) is 0 Å². The van der Waals surface area contributed by atoms with Gasteiger partial charge in [0.25, 0.3) is 0 Å². The molecule has 336 valence electrons. The quantitative estimate of drug-likeness (QED) is 0.0289. The first kappa shape index (κ1) is 52.0. The van der Waals surface area contributed by atoms with Crippen LogP contribution in [0.15, 0.2) is 29.3 Å². The molecule has 0 fully saturated rings. The van der Waals surface area contributed by atoms with E-state index in [4.69, 9.17) is 17.2 Å². The molecule has 7 atom stereocenters. The third-order valence-electron chi connectivity index (χ3n) is 9.16. The highest BCUT2D eigenvalue weighted by Crippen LogP contribution is 2.14. The molecule has 1 aromatic carbocycles. The van der Waals surface area contributed by atoms with Gasteiger partial charge in [-0.15, -0.1) is 0 Å². The summed E-state index contributed by atoms with van der Waals surface area (Å²) < 4.78 is 0. The number of aliphatic carboxylic acids is 2. The standard InChI is InChI=1S/C39H64N10O11/c1-19(2)17-27(34(55)44-22(7)38(59)60)47-33(54)26(14-15-29(51)52)45-36(57)30(20(3)4)49-37(58)31(21(5)6)48-35(56)28(18-23-10-12-24(50)13-11-23)46-32(53)25(40)9-8-16-43-39(41)42/h10-13,19-22,25-28,30-31,50H,8-9,14-18,40H2,1-7H3,(H,44,55)(H,45,57)(H,46,53)(H,47,54)(H,48,56)(H,49,58)(H,51,52)(H,59,60)(H4,41,42,43)/t22-,25-,26-,27-,28-,30-,31-/m0/s1. The number of aromatic hydroxyl groups is 1. The van der Waals surface area contributed by atoms with Crippen LogP contribution in [0.2, 0.25) is 0 Å². The highest BCUT2D eigenvalue weighted by molar-refractivity contribution is 5.97. The van der Waals surface area contributed by atoms with Crippen molar-refractivity contribution in [1.29, 1.82) is 0 Å². The first-order chi connectivity index (χ1) is 27.9. The summed E-state index contributed by atoms with van der Waals surface area (Å²) >= 11 is 0. The molecular weight excluding hydrogens is 784 g/mol. The van der Waals surface area contributed by atoms with Crippen LogP contribution in [0, 0.1) is 17.8 Å². The van der Waals surface area contributed by atoms with Gasteiger partial charge in [-0.05, 0) is 68.1 Å². The summed E-state index contributed by atoms with van der Waals surface area (Å²) in [6.45, 7) is 11.5. The van der Waals surface area contributed by atoms with Gasteiger partial charge < -0.3 is 64.4 Å². The number of rotatable bonds is 26. The van der Waals surface area contributed by atoms with Gasteiger partial charge in [0.15, 0.2) is 5.96 Å². The lowest BCUT2D eigenvalue weighted by Gasteiger charge is -2.30. The van der Waals surface area contributed by atoms with E-state index in [9.17, 15) is 53.7 Å². The van der Waals surface area contributed by atoms with E-state index in [1.54, 1.807) is 53.7 Å². The Hall–Kier alpha value is -5.99. The molecule has 0 unspecified atom stereocenters. The zero-order valence-corrected chi connectivity index (χ0v) is 35.3. The van der Waals surface area contributed by atoms with Crippen LogP contribution in [0.4, 0.5) is 0 Å². The number of carboxylic acids is 2. The lowest BCUT2D eigenvalue weighted by Crippen LogP contribution is -2.61. The fourth-order valence-electron chi connectivity index (χ4n) is 5.72. The van der Waals surface area contributed by atoms with E-state index >= 15 is 0 Å². The van der Waals surface area contributed by atoms with Crippen molar-refractivity contribution in [3.63, 3.8) is 0 Å². The first-order valence-electron chi connectivity index (χ1n) is 19.8. The zero-order valence-electron chi connectivity index (χ0n) is 35.3. The molecule has 0 heterocycles. The van der Waals surface area contributed by atoms with E-state index in [1.807, 2.05) is 0 Å². The van der Waals surface area contributed by atoms with E-state index in [1.165, 1.54) is 19.1 Å². The lowest BCUT2D eigenvalue weighted by molar-refractivity contribution is -0.142. The summed E-state index contributed by atoms with van der Waals surface area (Å²) in [5.41, 5.74) is 17.3. The monoisotopic (exact) mass is 848 g/mol. The molecule has 15 N–H and O–H groups in total. The third-order valence-corrected chi connectivity index (χ3v) is 9.16. The van der Waals surface area contributed by atoms with Gasteiger partial charge >= 0.3 is 11.9 Å². The number of nitrogens with zero attached hydrogens (tertiary/aromatic N) is 1. The molecule has 0 saturated carbocycles. The number of hydrogen-bond acceptors (Lipinski definition) is 11. The Balaban J connectivity index is 3.31. The molecule has 0 aliphatic heterocycles. The maximum atomic E-state index is 13.9. The molecule has 0 bridgehead atoms. The molecule has 0 saturated heterocycles. The summed E-state index contributed by atoms with van der Waals surface area (Å²) in [6.07, 6.45) is -0.364. The van der Waals surface area contributed by atoms with Crippen LogP contribution in [-0.2, 0) is 44.8 Å².